The lowest BCUT2D eigenvalue weighted by Gasteiger charge is -2.40. The normalized spacial score (nSPS) is 19.4. The Balaban J connectivity index is 1.69. The van der Waals surface area contributed by atoms with Crippen molar-refractivity contribution in [2.75, 3.05) is 32.8 Å². The van der Waals surface area contributed by atoms with Crippen molar-refractivity contribution in [3.05, 3.63) is 35.4 Å². The van der Waals surface area contributed by atoms with Crippen molar-refractivity contribution in [3.8, 4) is 11.8 Å². The SMILES string of the molecule is CC1(C)C=C(N2CCN(CCO[Si](C)(C)C(C)(C)C)CC2=O)c2cc(C#N)ccc2O1. The highest BCUT2D eigenvalue weighted by atomic mass is 28.4. The lowest BCUT2D eigenvalue weighted by atomic mass is 9.96. The van der Waals surface area contributed by atoms with Crippen molar-refractivity contribution in [1.82, 2.24) is 9.80 Å². The number of ether oxygens (including phenoxy) is 1. The van der Waals surface area contributed by atoms with E-state index in [2.05, 4.69) is 44.8 Å². The fourth-order valence-corrected chi connectivity index (χ4v) is 4.68. The number of fused-ring (bicyclic) bond motifs is 1. The van der Waals surface area contributed by atoms with Gasteiger partial charge in [-0.15, -0.1) is 0 Å². The summed E-state index contributed by atoms with van der Waals surface area (Å²) in [7, 11) is -1.78. The van der Waals surface area contributed by atoms with Crippen LogP contribution in [0, 0.1) is 11.3 Å². The second-order valence-electron chi connectivity index (χ2n) is 10.5. The molecule has 0 spiro atoms. The molecule has 0 atom stereocenters. The van der Waals surface area contributed by atoms with Crippen molar-refractivity contribution in [3.63, 3.8) is 0 Å². The molecule has 7 heteroatoms. The summed E-state index contributed by atoms with van der Waals surface area (Å²) in [6.07, 6.45) is 1.99. The van der Waals surface area contributed by atoms with Crippen LogP contribution in [0.3, 0.4) is 0 Å². The van der Waals surface area contributed by atoms with Gasteiger partial charge in [0.1, 0.15) is 11.4 Å². The summed E-state index contributed by atoms with van der Waals surface area (Å²) in [4.78, 5) is 17.1. The first-order valence-corrected chi connectivity index (χ1v) is 13.9. The molecule has 2 heterocycles. The number of benzene rings is 1. The average Bonchev–Trinajstić information content (AvgIpc) is 2.65. The monoisotopic (exact) mass is 441 g/mol. The van der Waals surface area contributed by atoms with Crippen LogP contribution >= 0.6 is 0 Å². The summed E-state index contributed by atoms with van der Waals surface area (Å²) in [5.74, 6) is 0.773. The van der Waals surface area contributed by atoms with Crippen molar-refractivity contribution >= 4 is 19.9 Å². The van der Waals surface area contributed by atoms with Gasteiger partial charge < -0.3 is 14.1 Å². The molecule has 1 saturated heterocycles. The molecule has 168 valence electrons. The highest BCUT2D eigenvalue weighted by Gasteiger charge is 2.38. The molecule has 0 unspecified atom stereocenters. The Hall–Kier alpha value is -2.14. The summed E-state index contributed by atoms with van der Waals surface area (Å²) < 4.78 is 12.3. The Morgan fingerprint density at radius 2 is 1.97 bits per heavy atom. The van der Waals surface area contributed by atoms with E-state index in [-0.39, 0.29) is 10.9 Å². The zero-order valence-electron chi connectivity index (χ0n) is 19.9. The van der Waals surface area contributed by atoms with Gasteiger partial charge in [-0.25, -0.2) is 0 Å². The van der Waals surface area contributed by atoms with Crippen LogP contribution in [0.15, 0.2) is 24.3 Å². The van der Waals surface area contributed by atoms with Crippen LogP contribution in [-0.2, 0) is 9.22 Å². The Labute approximate surface area is 187 Å². The highest BCUT2D eigenvalue weighted by Crippen LogP contribution is 2.39. The highest BCUT2D eigenvalue weighted by molar-refractivity contribution is 6.74. The minimum atomic E-state index is -1.78. The van der Waals surface area contributed by atoms with Gasteiger partial charge in [0.25, 0.3) is 0 Å². The lowest BCUT2D eigenvalue weighted by Crippen LogP contribution is -2.51. The van der Waals surface area contributed by atoms with E-state index in [1.807, 2.05) is 37.0 Å². The summed E-state index contributed by atoms with van der Waals surface area (Å²) in [5, 5.41) is 9.49. The number of hydrogen-bond acceptors (Lipinski definition) is 5. The largest absolute Gasteiger partial charge is 0.483 e. The Morgan fingerprint density at radius 3 is 2.58 bits per heavy atom. The molecule has 6 nitrogen and oxygen atoms in total. The third-order valence-electron chi connectivity index (χ3n) is 6.51. The summed E-state index contributed by atoms with van der Waals surface area (Å²) in [6.45, 7) is 18.4. The molecule has 0 radical (unpaired) electrons. The van der Waals surface area contributed by atoms with Gasteiger partial charge in [-0.05, 0) is 56.3 Å². The maximum absolute atomic E-state index is 13.1. The molecule has 31 heavy (non-hydrogen) atoms. The molecule has 0 saturated carbocycles. The van der Waals surface area contributed by atoms with Crippen molar-refractivity contribution in [2.24, 2.45) is 0 Å². The number of rotatable bonds is 5. The Bertz CT molecular complexity index is 925. The molecule has 1 fully saturated rings. The second-order valence-corrected chi connectivity index (χ2v) is 15.3. The third kappa shape index (κ3) is 5.20. The molecular weight excluding hydrogens is 406 g/mol. The van der Waals surface area contributed by atoms with Gasteiger partial charge in [-0.2, -0.15) is 5.26 Å². The smallest absolute Gasteiger partial charge is 0.241 e. The van der Waals surface area contributed by atoms with E-state index < -0.39 is 13.9 Å². The molecule has 2 aliphatic heterocycles. The quantitative estimate of drug-likeness (QED) is 0.640. The van der Waals surface area contributed by atoms with E-state index in [1.54, 1.807) is 6.07 Å². The van der Waals surface area contributed by atoms with Gasteiger partial charge in [-0.3, -0.25) is 9.69 Å². The van der Waals surface area contributed by atoms with Crippen LogP contribution in [-0.4, -0.2) is 62.4 Å². The average molecular weight is 442 g/mol. The van der Waals surface area contributed by atoms with Gasteiger partial charge >= 0.3 is 0 Å². The molecule has 0 N–H and O–H groups in total. The van der Waals surface area contributed by atoms with E-state index in [9.17, 15) is 10.1 Å². The fraction of sp³-hybridized carbons (Fsp3) is 0.583. The number of carbonyl (C=O) groups is 1. The number of nitrogens with zero attached hydrogens (tertiary/aromatic N) is 3. The molecule has 0 aliphatic carbocycles. The minimum absolute atomic E-state index is 0.0656. The van der Waals surface area contributed by atoms with Crippen molar-refractivity contribution in [2.45, 2.75) is 58.4 Å². The van der Waals surface area contributed by atoms with E-state index in [1.165, 1.54) is 0 Å². The maximum atomic E-state index is 13.1. The molecule has 1 aromatic rings. The molecule has 0 aromatic heterocycles. The Kier molecular flexibility index (Phi) is 6.39. The summed E-state index contributed by atoms with van der Waals surface area (Å²) in [6, 6.07) is 7.56. The van der Waals surface area contributed by atoms with E-state index in [0.29, 0.717) is 31.0 Å². The predicted octanol–water partition coefficient (Wildman–Crippen LogP) is 4.24. The van der Waals surface area contributed by atoms with Gasteiger partial charge in [0.2, 0.25) is 5.91 Å². The molecular formula is C24H35N3O3Si. The van der Waals surface area contributed by atoms with Crippen molar-refractivity contribution < 1.29 is 14.0 Å². The fourth-order valence-electron chi connectivity index (χ4n) is 3.65. The number of hydrogen-bond donors (Lipinski definition) is 0. The Morgan fingerprint density at radius 1 is 1.26 bits per heavy atom. The first-order chi connectivity index (χ1) is 14.3. The van der Waals surface area contributed by atoms with Crippen molar-refractivity contribution in [1.29, 1.82) is 5.26 Å². The molecule has 1 amide bonds. The van der Waals surface area contributed by atoms with Crippen LogP contribution in [0.25, 0.3) is 5.70 Å². The summed E-state index contributed by atoms with van der Waals surface area (Å²) >= 11 is 0. The number of piperazine rings is 1. The first kappa shape index (κ1) is 23.5. The van der Waals surface area contributed by atoms with E-state index in [0.717, 1.165) is 24.4 Å². The van der Waals surface area contributed by atoms with Gasteiger partial charge in [0, 0.05) is 31.8 Å². The van der Waals surface area contributed by atoms with Crippen LogP contribution in [0.1, 0.15) is 45.7 Å². The number of carbonyl (C=O) groups excluding carboxylic acids is 1. The second kappa shape index (κ2) is 8.42. The standard InChI is InChI=1S/C24H35N3O3Si/c1-23(2,3)31(6,7)29-13-12-26-10-11-27(22(28)17-26)20-15-24(4,5)30-21-9-8-18(16-25)14-19(20)21/h8-9,14-15H,10-13,17H2,1-7H3. The van der Waals surface area contributed by atoms with Crippen LogP contribution < -0.4 is 4.74 Å². The van der Waals surface area contributed by atoms with Gasteiger partial charge in [-0.1, -0.05) is 20.8 Å². The molecule has 1 aromatic carbocycles. The van der Waals surface area contributed by atoms with Gasteiger partial charge in [0.05, 0.1) is 23.9 Å². The maximum Gasteiger partial charge on any atom is 0.241 e. The van der Waals surface area contributed by atoms with Crippen LogP contribution in [0.4, 0.5) is 0 Å². The molecule has 3 rings (SSSR count). The van der Waals surface area contributed by atoms with Crippen LogP contribution in [0.2, 0.25) is 18.1 Å². The number of amides is 1. The lowest BCUT2D eigenvalue weighted by molar-refractivity contribution is -0.132. The minimum Gasteiger partial charge on any atom is -0.483 e. The van der Waals surface area contributed by atoms with Gasteiger partial charge in [0.15, 0.2) is 8.32 Å². The molecule has 0 bridgehead atoms. The predicted molar refractivity (Wildman–Crippen MR) is 125 cm³/mol. The van der Waals surface area contributed by atoms with E-state index in [4.69, 9.17) is 9.16 Å². The zero-order valence-corrected chi connectivity index (χ0v) is 20.9. The zero-order chi connectivity index (χ0) is 23.0. The summed E-state index contributed by atoms with van der Waals surface area (Å²) in [5.41, 5.74) is 1.68. The van der Waals surface area contributed by atoms with Crippen LogP contribution in [0.5, 0.6) is 5.75 Å². The van der Waals surface area contributed by atoms with E-state index >= 15 is 0 Å². The number of nitriles is 1. The molecule has 2 aliphatic rings. The third-order valence-corrected chi connectivity index (χ3v) is 11.0. The first-order valence-electron chi connectivity index (χ1n) is 11.0. The topological polar surface area (TPSA) is 65.8 Å².